The van der Waals surface area contributed by atoms with Crippen LogP contribution in [0.25, 0.3) is 22.3 Å². The van der Waals surface area contributed by atoms with Gasteiger partial charge in [-0.15, -0.1) is 0 Å². The number of nitrogens with zero attached hydrogens (tertiary/aromatic N) is 5. The van der Waals surface area contributed by atoms with Gasteiger partial charge in [0.1, 0.15) is 34.7 Å². The lowest BCUT2D eigenvalue weighted by Gasteiger charge is -2.08. The molecule has 0 fully saturated rings. The van der Waals surface area contributed by atoms with Gasteiger partial charge in [0, 0.05) is 17.7 Å². The fourth-order valence-electron chi connectivity index (χ4n) is 4.04. The molecule has 3 aromatic heterocycles. The van der Waals surface area contributed by atoms with E-state index in [9.17, 15) is 14.0 Å². The molecular formula is C26H24FN7O4. The van der Waals surface area contributed by atoms with Crippen LogP contribution in [0.3, 0.4) is 0 Å². The van der Waals surface area contributed by atoms with Crippen LogP contribution in [-0.4, -0.2) is 56.2 Å². The van der Waals surface area contributed by atoms with Crippen molar-refractivity contribution < 1.29 is 18.7 Å². The van der Waals surface area contributed by atoms with E-state index in [2.05, 4.69) is 25.6 Å². The molecule has 12 heteroatoms. The molecule has 0 radical (unpaired) electrons. The van der Waals surface area contributed by atoms with E-state index in [4.69, 9.17) is 9.47 Å². The number of methoxy groups -OCH3 is 2. The average molecular weight is 518 g/mol. The van der Waals surface area contributed by atoms with Crippen molar-refractivity contribution in [3.63, 3.8) is 0 Å². The Morgan fingerprint density at radius 2 is 1.97 bits per heavy atom. The summed E-state index contributed by atoms with van der Waals surface area (Å²) in [7, 11) is 3.12. The first-order valence-corrected chi connectivity index (χ1v) is 11.7. The summed E-state index contributed by atoms with van der Waals surface area (Å²) in [5.41, 5.74) is 1.91. The average Bonchev–Trinajstić information content (AvgIpc) is 3.59. The summed E-state index contributed by atoms with van der Waals surface area (Å²) < 4.78 is 27.5. The van der Waals surface area contributed by atoms with Crippen LogP contribution in [-0.2, 0) is 13.1 Å². The first-order chi connectivity index (χ1) is 18.5. The van der Waals surface area contributed by atoms with Crippen LogP contribution in [0.2, 0.25) is 0 Å². The number of hydrogen-bond acceptors (Lipinski definition) is 7. The van der Waals surface area contributed by atoms with E-state index in [1.807, 2.05) is 0 Å². The van der Waals surface area contributed by atoms with E-state index >= 15 is 0 Å². The Bertz CT molecular complexity index is 1670. The van der Waals surface area contributed by atoms with Crippen molar-refractivity contribution >= 4 is 16.9 Å². The summed E-state index contributed by atoms with van der Waals surface area (Å²) in [5.74, 6) is 0.476. The Labute approximate surface area is 215 Å². The Hall–Kier alpha value is -5.00. The van der Waals surface area contributed by atoms with Crippen molar-refractivity contribution in [2.75, 3.05) is 20.8 Å². The van der Waals surface area contributed by atoms with E-state index in [1.165, 1.54) is 27.8 Å². The molecule has 0 aliphatic rings. The molecule has 0 spiro atoms. The lowest BCUT2D eigenvalue weighted by atomic mass is 10.1. The third-order valence-electron chi connectivity index (χ3n) is 6.04. The van der Waals surface area contributed by atoms with Crippen LogP contribution in [0.5, 0.6) is 11.5 Å². The Morgan fingerprint density at radius 3 is 2.76 bits per heavy atom. The summed E-state index contributed by atoms with van der Waals surface area (Å²) in [6, 6.07) is 13.2. The number of carbonyl (C=O) groups excluding carboxylic acids is 1. The zero-order chi connectivity index (χ0) is 26.6. The van der Waals surface area contributed by atoms with Gasteiger partial charge < -0.3 is 14.8 Å². The summed E-state index contributed by atoms with van der Waals surface area (Å²) in [6.07, 6.45) is 2.79. The molecule has 3 heterocycles. The van der Waals surface area contributed by atoms with Crippen LogP contribution in [0, 0.1) is 5.82 Å². The molecule has 0 aliphatic heterocycles. The molecule has 11 nitrogen and oxygen atoms in total. The van der Waals surface area contributed by atoms with Crippen LogP contribution in [0.15, 0.2) is 65.8 Å². The van der Waals surface area contributed by atoms with Crippen LogP contribution in [0.1, 0.15) is 16.1 Å². The standard InChI is InChI=1S/C26H24FN7O4/c1-37-17-7-8-23(38-2)18(11-17)21-12-22(32-31-21)25(35)28-9-10-34-24-19(13-30-34)26(36)33(15-29-24)14-16-5-3-4-6-20(16)27/h3-8,11-13,15H,9-10,14H2,1-2H3,(H,28,35)(H,31,32). The zero-order valence-electron chi connectivity index (χ0n) is 20.6. The van der Waals surface area contributed by atoms with Gasteiger partial charge in [-0.1, -0.05) is 18.2 Å². The normalized spacial score (nSPS) is 11.0. The maximum absolute atomic E-state index is 14.0. The van der Waals surface area contributed by atoms with Crippen molar-refractivity contribution in [1.29, 1.82) is 0 Å². The summed E-state index contributed by atoms with van der Waals surface area (Å²) in [5, 5.41) is 14.3. The lowest BCUT2D eigenvalue weighted by Crippen LogP contribution is -2.28. The number of aromatic amines is 1. The molecule has 0 bridgehead atoms. The van der Waals surface area contributed by atoms with Gasteiger partial charge in [-0.25, -0.2) is 14.1 Å². The molecule has 1 amide bonds. The van der Waals surface area contributed by atoms with Gasteiger partial charge in [-0.2, -0.15) is 10.2 Å². The first-order valence-electron chi connectivity index (χ1n) is 11.7. The molecule has 194 valence electrons. The van der Waals surface area contributed by atoms with Crippen molar-refractivity contribution in [3.05, 3.63) is 88.5 Å². The molecule has 0 atom stereocenters. The number of halogens is 1. The van der Waals surface area contributed by atoms with E-state index in [1.54, 1.807) is 56.7 Å². The number of nitrogens with one attached hydrogen (secondary N) is 2. The molecule has 5 rings (SSSR count). The van der Waals surface area contributed by atoms with E-state index in [0.717, 1.165) is 0 Å². The van der Waals surface area contributed by atoms with Crippen molar-refractivity contribution in [1.82, 2.24) is 34.8 Å². The molecule has 0 unspecified atom stereocenters. The number of benzene rings is 2. The largest absolute Gasteiger partial charge is 0.497 e. The fraction of sp³-hybridized carbons (Fsp3) is 0.192. The van der Waals surface area contributed by atoms with Crippen LogP contribution >= 0.6 is 0 Å². The van der Waals surface area contributed by atoms with Crippen molar-refractivity contribution in [2.24, 2.45) is 0 Å². The van der Waals surface area contributed by atoms with Crippen LogP contribution < -0.4 is 20.3 Å². The minimum atomic E-state index is -0.391. The second-order valence-corrected chi connectivity index (χ2v) is 8.36. The highest BCUT2D eigenvalue weighted by Crippen LogP contribution is 2.32. The molecule has 5 aromatic rings. The smallest absolute Gasteiger partial charge is 0.269 e. The Morgan fingerprint density at radius 1 is 1.13 bits per heavy atom. The van der Waals surface area contributed by atoms with E-state index in [-0.39, 0.29) is 36.8 Å². The SMILES string of the molecule is COc1ccc(OC)c(-c2cc(C(=O)NCCn3ncc4c(=O)n(Cc5ccccc5F)cnc43)[nH]n2)c1. The summed E-state index contributed by atoms with van der Waals surface area (Å²) in [6.45, 7) is 0.569. The molecular weight excluding hydrogens is 493 g/mol. The maximum atomic E-state index is 14.0. The fourth-order valence-corrected chi connectivity index (χ4v) is 4.04. The van der Waals surface area contributed by atoms with Gasteiger partial charge in [-0.05, 0) is 30.3 Å². The minimum Gasteiger partial charge on any atom is -0.497 e. The number of hydrogen-bond donors (Lipinski definition) is 2. The predicted molar refractivity (Wildman–Crippen MR) is 137 cm³/mol. The van der Waals surface area contributed by atoms with E-state index < -0.39 is 5.82 Å². The number of aromatic nitrogens is 6. The number of rotatable bonds is 9. The minimum absolute atomic E-state index is 0.0590. The second-order valence-electron chi connectivity index (χ2n) is 8.36. The molecule has 0 saturated carbocycles. The first kappa shape index (κ1) is 24.7. The van der Waals surface area contributed by atoms with Crippen molar-refractivity contribution in [2.45, 2.75) is 13.1 Å². The molecule has 2 aromatic carbocycles. The summed E-state index contributed by atoms with van der Waals surface area (Å²) >= 11 is 0. The highest BCUT2D eigenvalue weighted by atomic mass is 19.1. The van der Waals surface area contributed by atoms with Gasteiger partial charge >= 0.3 is 0 Å². The maximum Gasteiger partial charge on any atom is 0.269 e. The lowest BCUT2D eigenvalue weighted by molar-refractivity contribution is 0.0947. The monoisotopic (exact) mass is 517 g/mol. The molecule has 0 aliphatic carbocycles. The third-order valence-corrected chi connectivity index (χ3v) is 6.04. The molecule has 38 heavy (non-hydrogen) atoms. The number of ether oxygens (including phenoxy) is 2. The third kappa shape index (κ3) is 4.83. The highest BCUT2D eigenvalue weighted by Gasteiger charge is 2.16. The zero-order valence-corrected chi connectivity index (χ0v) is 20.6. The quantitative estimate of drug-likeness (QED) is 0.308. The number of fused-ring (bicyclic) bond motifs is 1. The Balaban J connectivity index is 1.25. The van der Waals surface area contributed by atoms with Gasteiger partial charge in [0.15, 0.2) is 5.65 Å². The predicted octanol–water partition coefficient (Wildman–Crippen LogP) is 2.62. The van der Waals surface area contributed by atoms with Gasteiger partial charge in [0.05, 0.1) is 39.2 Å². The van der Waals surface area contributed by atoms with Crippen LogP contribution in [0.4, 0.5) is 4.39 Å². The second kappa shape index (κ2) is 10.5. The molecule has 2 N–H and O–H groups in total. The van der Waals surface area contributed by atoms with Gasteiger partial charge in [-0.3, -0.25) is 19.3 Å². The van der Waals surface area contributed by atoms with Crippen molar-refractivity contribution in [3.8, 4) is 22.8 Å². The molecule has 0 saturated heterocycles. The Kier molecular flexibility index (Phi) is 6.85. The number of amides is 1. The number of carbonyl (C=O) groups is 1. The van der Waals surface area contributed by atoms with Gasteiger partial charge in [0.2, 0.25) is 0 Å². The van der Waals surface area contributed by atoms with E-state index in [0.29, 0.717) is 39.4 Å². The topological polar surface area (TPSA) is 129 Å². The van der Waals surface area contributed by atoms with Gasteiger partial charge in [0.25, 0.3) is 11.5 Å². The summed E-state index contributed by atoms with van der Waals surface area (Å²) in [4.78, 5) is 29.9. The number of H-pyrrole nitrogens is 1. The highest BCUT2D eigenvalue weighted by molar-refractivity contribution is 5.93.